The van der Waals surface area contributed by atoms with E-state index in [-0.39, 0.29) is 18.0 Å². The van der Waals surface area contributed by atoms with Gasteiger partial charge in [-0.05, 0) is 54.4 Å². The number of hydrogen-bond acceptors (Lipinski definition) is 6. The molecule has 0 saturated carbocycles. The Morgan fingerprint density at radius 1 is 1.00 bits per heavy atom. The third kappa shape index (κ3) is 5.58. The first-order chi connectivity index (χ1) is 15.0. The van der Waals surface area contributed by atoms with Gasteiger partial charge in [0.05, 0.1) is 29.2 Å². The summed E-state index contributed by atoms with van der Waals surface area (Å²) in [4.78, 5) is 22.9. The second kappa shape index (κ2) is 9.89. The van der Waals surface area contributed by atoms with Gasteiger partial charge in [-0.3, -0.25) is 14.9 Å². The lowest BCUT2D eigenvalue weighted by Crippen LogP contribution is -2.20. The van der Waals surface area contributed by atoms with Crippen LogP contribution >= 0.6 is 0 Å². The van der Waals surface area contributed by atoms with Crippen LogP contribution in [0.25, 0.3) is 11.1 Å². The average molecular weight is 417 g/mol. The molecule has 0 aliphatic heterocycles. The monoisotopic (exact) mass is 417 g/mol. The molecule has 0 spiro atoms. The molecule has 3 aromatic rings. The predicted octanol–water partition coefficient (Wildman–Crippen LogP) is 4.55. The summed E-state index contributed by atoms with van der Waals surface area (Å²) in [6.45, 7) is 1.84. The number of nitro groups is 1. The van der Waals surface area contributed by atoms with Crippen molar-refractivity contribution in [2.45, 2.75) is 6.92 Å². The lowest BCUT2D eigenvalue weighted by Gasteiger charge is -2.10. The molecule has 3 aromatic carbocycles. The van der Waals surface area contributed by atoms with Gasteiger partial charge in [-0.15, -0.1) is 0 Å². The van der Waals surface area contributed by atoms with Crippen LogP contribution in [0.4, 0.5) is 11.4 Å². The van der Waals surface area contributed by atoms with Crippen LogP contribution in [0.2, 0.25) is 0 Å². The van der Waals surface area contributed by atoms with Gasteiger partial charge >= 0.3 is 0 Å². The minimum atomic E-state index is -0.582. The Hall–Kier alpha value is -4.38. The molecular formula is C23H19N3O5. The van der Waals surface area contributed by atoms with Crippen molar-refractivity contribution in [3.8, 4) is 28.7 Å². The van der Waals surface area contributed by atoms with Gasteiger partial charge < -0.3 is 14.8 Å². The van der Waals surface area contributed by atoms with Gasteiger partial charge in [0.2, 0.25) is 0 Å². The van der Waals surface area contributed by atoms with E-state index in [4.69, 9.17) is 14.7 Å². The third-order valence-corrected chi connectivity index (χ3v) is 4.32. The van der Waals surface area contributed by atoms with Crippen LogP contribution in [-0.4, -0.2) is 24.0 Å². The maximum absolute atomic E-state index is 12.2. The second-order valence-corrected chi connectivity index (χ2v) is 6.42. The summed E-state index contributed by atoms with van der Waals surface area (Å²) < 4.78 is 10.7. The Morgan fingerprint density at radius 3 is 2.19 bits per heavy atom. The molecule has 0 aliphatic carbocycles. The van der Waals surface area contributed by atoms with E-state index in [0.717, 1.165) is 11.1 Å². The van der Waals surface area contributed by atoms with E-state index in [2.05, 4.69) is 11.4 Å². The number of nitrogens with zero attached hydrogens (tertiary/aromatic N) is 2. The summed E-state index contributed by atoms with van der Waals surface area (Å²) in [6.07, 6.45) is 0. The van der Waals surface area contributed by atoms with Crippen LogP contribution < -0.4 is 14.8 Å². The van der Waals surface area contributed by atoms with Crippen LogP contribution in [0.5, 0.6) is 11.5 Å². The quantitative estimate of drug-likeness (QED) is 0.425. The van der Waals surface area contributed by atoms with Crippen molar-refractivity contribution >= 4 is 17.3 Å². The molecule has 8 heteroatoms. The zero-order valence-corrected chi connectivity index (χ0v) is 16.7. The smallest absolute Gasteiger partial charge is 0.296 e. The summed E-state index contributed by atoms with van der Waals surface area (Å²) in [6, 6.07) is 20.6. The number of amides is 1. The largest absolute Gasteiger partial charge is 0.494 e. The van der Waals surface area contributed by atoms with Crippen molar-refractivity contribution < 1.29 is 19.2 Å². The lowest BCUT2D eigenvalue weighted by molar-refractivity contribution is -0.384. The van der Waals surface area contributed by atoms with Crippen LogP contribution in [0.3, 0.4) is 0 Å². The van der Waals surface area contributed by atoms with Gasteiger partial charge in [0.25, 0.3) is 11.6 Å². The maximum atomic E-state index is 12.2. The fraction of sp³-hybridized carbons (Fsp3) is 0.130. The first kappa shape index (κ1) is 21.3. The maximum Gasteiger partial charge on any atom is 0.296 e. The van der Waals surface area contributed by atoms with E-state index < -0.39 is 10.8 Å². The molecule has 1 amide bonds. The van der Waals surface area contributed by atoms with Crippen LogP contribution in [0.1, 0.15) is 12.5 Å². The number of anilines is 1. The standard InChI is InChI=1S/C23H19N3O5/c1-2-30-20-11-12-21(22(13-20)26(28)29)25-23(27)15-31-19-9-7-18(8-10-19)17-5-3-16(14-24)4-6-17/h3-13H,2,15H2,1H3,(H,25,27). The molecule has 0 aromatic heterocycles. The fourth-order valence-electron chi connectivity index (χ4n) is 2.84. The van der Waals surface area contributed by atoms with E-state index in [1.807, 2.05) is 24.3 Å². The number of nitro benzene ring substituents is 1. The Morgan fingerprint density at radius 2 is 1.61 bits per heavy atom. The first-order valence-electron chi connectivity index (χ1n) is 9.44. The highest BCUT2D eigenvalue weighted by Gasteiger charge is 2.17. The van der Waals surface area contributed by atoms with E-state index in [1.165, 1.54) is 12.1 Å². The molecule has 31 heavy (non-hydrogen) atoms. The molecule has 8 nitrogen and oxygen atoms in total. The van der Waals surface area contributed by atoms with Crippen molar-refractivity contribution in [1.82, 2.24) is 0 Å². The number of ether oxygens (including phenoxy) is 2. The molecule has 0 heterocycles. The minimum Gasteiger partial charge on any atom is -0.494 e. The Balaban J connectivity index is 1.60. The Kier molecular flexibility index (Phi) is 6.81. The van der Waals surface area contributed by atoms with Crippen molar-refractivity contribution in [1.29, 1.82) is 5.26 Å². The number of carbonyl (C=O) groups excluding carboxylic acids is 1. The summed E-state index contributed by atoms with van der Waals surface area (Å²) in [5.41, 5.74) is 2.28. The van der Waals surface area contributed by atoms with Crippen molar-refractivity contribution in [3.63, 3.8) is 0 Å². The van der Waals surface area contributed by atoms with Crippen molar-refractivity contribution in [2.75, 3.05) is 18.5 Å². The highest BCUT2D eigenvalue weighted by atomic mass is 16.6. The molecular weight excluding hydrogens is 398 g/mol. The SMILES string of the molecule is CCOc1ccc(NC(=O)COc2ccc(-c3ccc(C#N)cc3)cc2)c([N+](=O)[O-])c1. The fourth-order valence-corrected chi connectivity index (χ4v) is 2.84. The van der Waals surface area contributed by atoms with Crippen LogP contribution in [0.15, 0.2) is 66.7 Å². The number of rotatable bonds is 8. The molecule has 0 fully saturated rings. The average Bonchev–Trinajstić information content (AvgIpc) is 2.79. The van der Waals surface area contributed by atoms with Crippen LogP contribution in [-0.2, 0) is 4.79 Å². The normalized spacial score (nSPS) is 10.1. The van der Waals surface area contributed by atoms with Crippen LogP contribution in [0, 0.1) is 21.4 Å². The number of nitriles is 1. The number of nitrogens with one attached hydrogen (secondary N) is 1. The van der Waals surface area contributed by atoms with Gasteiger partial charge in [-0.2, -0.15) is 5.26 Å². The van der Waals surface area contributed by atoms with E-state index in [9.17, 15) is 14.9 Å². The van der Waals surface area contributed by atoms with Gasteiger partial charge in [-0.25, -0.2) is 0 Å². The molecule has 0 aliphatic rings. The van der Waals surface area contributed by atoms with Gasteiger partial charge in [0.15, 0.2) is 6.61 Å². The minimum absolute atomic E-state index is 0.0678. The third-order valence-electron chi connectivity index (χ3n) is 4.32. The molecule has 0 radical (unpaired) electrons. The predicted molar refractivity (Wildman–Crippen MR) is 115 cm³/mol. The Labute approximate surface area is 178 Å². The number of carbonyl (C=O) groups is 1. The molecule has 0 bridgehead atoms. The molecule has 3 rings (SSSR count). The summed E-state index contributed by atoms with van der Waals surface area (Å²) in [5, 5.41) is 22.6. The van der Waals surface area contributed by atoms with Gasteiger partial charge in [0, 0.05) is 0 Å². The summed E-state index contributed by atoms with van der Waals surface area (Å²) in [7, 11) is 0. The zero-order valence-electron chi connectivity index (χ0n) is 16.7. The number of hydrogen-bond donors (Lipinski definition) is 1. The van der Waals surface area contributed by atoms with Gasteiger partial charge in [0.1, 0.15) is 17.2 Å². The molecule has 156 valence electrons. The zero-order chi connectivity index (χ0) is 22.2. The topological polar surface area (TPSA) is 114 Å². The summed E-state index contributed by atoms with van der Waals surface area (Å²) >= 11 is 0. The Bertz CT molecular complexity index is 1120. The van der Waals surface area contributed by atoms with Crippen molar-refractivity contribution in [2.24, 2.45) is 0 Å². The van der Waals surface area contributed by atoms with E-state index in [0.29, 0.717) is 23.7 Å². The first-order valence-corrected chi connectivity index (χ1v) is 9.44. The lowest BCUT2D eigenvalue weighted by atomic mass is 10.0. The highest BCUT2D eigenvalue weighted by molar-refractivity contribution is 5.94. The molecule has 0 saturated heterocycles. The van der Waals surface area contributed by atoms with Gasteiger partial charge in [-0.1, -0.05) is 24.3 Å². The molecule has 0 unspecified atom stereocenters. The van der Waals surface area contributed by atoms with E-state index in [1.54, 1.807) is 37.3 Å². The number of benzene rings is 3. The molecule has 1 N–H and O–H groups in total. The summed E-state index contributed by atoms with van der Waals surface area (Å²) in [5.74, 6) is 0.308. The molecule has 0 atom stereocenters. The highest BCUT2D eigenvalue weighted by Crippen LogP contribution is 2.29. The van der Waals surface area contributed by atoms with E-state index >= 15 is 0 Å². The van der Waals surface area contributed by atoms with Crippen molar-refractivity contribution in [3.05, 3.63) is 82.4 Å². The second-order valence-electron chi connectivity index (χ2n) is 6.42.